The number of thiazole rings is 1. The lowest BCUT2D eigenvalue weighted by Gasteiger charge is -2.11. The van der Waals surface area contributed by atoms with E-state index in [1.807, 2.05) is 49.6 Å². The van der Waals surface area contributed by atoms with Crippen molar-refractivity contribution in [2.24, 2.45) is 4.99 Å². The fraction of sp³-hybridized carbons (Fsp3) is 0.444. The molecule has 0 radical (unpaired) electrons. The molecule has 0 amide bonds. The first-order valence-corrected chi connectivity index (χ1v) is 9.35. The van der Waals surface area contributed by atoms with E-state index < -0.39 is 0 Å². The molecule has 0 N–H and O–H groups in total. The first-order valence-electron chi connectivity index (χ1n) is 8.10. The number of aryl methyl sites for hydroxylation is 2. The van der Waals surface area contributed by atoms with Crippen LogP contribution < -0.4 is 4.74 Å². The molecule has 1 heterocycles. The third kappa shape index (κ3) is 3.73. The standard InChI is InChI=1S/C18H22ClN3OS/c1-5-22(4)11-20-14-8-13(3)15(9-12(14)2)23-17-21-16(10-24-17)18(19)6-7-18/h8-11H,5-7H2,1-4H3/b20-11-. The number of rotatable bonds is 6. The number of alkyl halides is 1. The number of benzene rings is 1. The lowest BCUT2D eigenvalue weighted by molar-refractivity contribution is 0.473. The molecule has 1 saturated carbocycles. The van der Waals surface area contributed by atoms with Crippen LogP contribution in [-0.2, 0) is 4.87 Å². The SMILES string of the molecule is CCN(C)/C=N\c1cc(C)c(Oc2nc(C3(Cl)CC3)cs2)cc1C. The van der Waals surface area contributed by atoms with Crippen LogP contribution in [0.4, 0.5) is 5.69 Å². The lowest BCUT2D eigenvalue weighted by atomic mass is 10.1. The zero-order chi connectivity index (χ0) is 17.3. The van der Waals surface area contributed by atoms with Gasteiger partial charge in [0.2, 0.25) is 0 Å². The zero-order valence-corrected chi connectivity index (χ0v) is 16.0. The van der Waals surface area contributed by atoms with Gasteiger partial charge in [0, 0.05) is 19.0 Å². The number of halogens is 1. The van der Waals surface area contributed by atoms with Gasteiger partial charge in [-0.3, -0.25) is 0 Å². The van der Waals surface area contributed by atoms with E-state index >= 15 is 0 Å². The van der Waals surface area contributed by atoms with Crippen LogP contribution in [0.15, 0.2) is 22.5 Å². The first-order chi connectivity index (χ1) is 11.4. The highest BCUT2D eigenvalue weighted by Gasteiger charge is 2.44. The van der Waals surface area contributed by atoms with E-state index in [1.54, 1.807) is 0 Å². The maximum Gasteiger partial charge on any atom is 0.278 e. The maximum absolute atomic E-state index is 6.40. The predicted molar refractivity (Wildman–Crippen MR) is 101 cm³/mol. The van der Waals surface area contributed by atoms with Gasteiger partial charge in [0.1, 0.15) is 5.75 Å². The van der Waals surface area contributed by atoms with Crippen LogP contribution >= 0.6 is 22.9 Å². The first kappa shape index (κ1) is 17.2. The summed E-state index contributed by atoms with van der Waals surface area (Å²) >= 11 is 7.90. The van der Waals surface area contributed by atoms with E-state index in [1.165, 1.54) is 11.3 Å². The van der Waals surface area contributed by atoms with Gasteiger partial charge in [-0.2, -0.15) is 0 Å². The van der Waals surface area contributed by atoms with Gasteiger partial charge < -0.3 is 9.64 Å². The van der Waals surface area contributed by atoms with Crippen LogP contribution in [0.25, 0.3) is 0 Å². The summed E-state index contributed by atoms with van der Waals surface area (Å²) in [6, 6.07) is 4.06. The highest BCUT2D eigenvalue weighted by Crippen LogP contribution is 2.52. The van der Waals surface area contributed by atoms with Crippen LogP contribution in [0.3, 0.4) is 0 Å². The molecule has 24 heavy (non-hydrogen) atoms. The van der Waals surface area contributed by atoms with Crippen LogP contribution in [0, 0.1) is 13.8 Å². The molecule has 0 bridgehead atoms. The molecule has 1 aliphatic carbocycles. The maximum atomic E-state index is 6.40. The Morgan fingerprint density at radius 3 is 2.79 bits per heavy atom. The van der Waals surface area contributed by atoms with E-state index in [-0.39, 0.29) is 4.87 Å². The van der Waals surface area contributed by atoms with Crippen LogP contribution in [0.2, 0.25) is 0 Å². The van der Waals surface area contributed by atoms with Crippen molar-refractivity contribution in [2.45, 2.75) is 38.5 Å². The van der Waals surface area contributed by atoms with E-state index in [2.05, 4.69) is 16.9 Å². The number of hydrogen-bond acceptors (Lipinski definition) is 4. The van der Waals surface area contributed by atoms with E-state index in [0.717, 1.165) is 47.6 Å². The summed E-state index contributed by atoms with van der Waals surface area (Å²) in [6.07, 6.45) is 3.84. The Morgan fingerprint density at radius 1 is 1.38 bits per heavy atom. The summed E-state index contributed by atoms with van der Waals surface area (Å²) in [5.74, 6) is 0.815. The molecular formula is C18H22ClN3OS. The molecule has 1 aromatic carbocycles. The van der Waals surface area contributed by atoms with Gasteiger partial charge in [-0.25, -0.2) is 9.98 Å². The number of ether oxygens (including phenoxy) is 1. The Balaban J connectivity index is 1.78. The summed E-state index contributed by atoms with van der Waals surface area (Å²) in [6.45, 7) is 7.08. The summed E-state index contributed by atoms with van der Waals surface area (Å²) in [7, 11) is 2.01. The molecule has 0 aliphatic heterocycles. The third-order valence-electron chi connectivity index (χ3n) is 4.21. The van der Waals surface area contributed by atoms with Gasteiger partial charge in [0.05, 0.1) is 22.6 Å². The smallest absolute Gasteiger partial charge is 0.278 e. The number of hydrogen-bond donors (Lipinski definition) is 0. The Bertz CT molecular complexity index is 768. The Labute approximate surface area is 152 Å². The molecule has 0 spiro atoms. The minimum atomic E-state index is -0.243. The Kier molecular flexibility index (Phi) is 4.83. The number of nitrogens with zero attached hydrogens (tertiary/aromatic N) is 3. The molecule has 128 valence electrons. The number of aromatic nitrogens is 1. The van der Waals surface area contributed by atoms with E-state index in [0.29, 0.717) is 5.19 Å². The molecule has 2 aromatic rings. The van der Waals surface area contributed by atoms with Crippen molar-refractivity contribution in [2.75, 3.05) is 13.6 Å². The fourth-order valence-corrected chi connectivity index (χ4v) is 3.27. The molecule has 6 heteroatoms. The zero-order valence-electron chi connectivity index (χ0n) is 14.5. The van der Waals surface area contributed by atoms with Gasteiger partial charge in [-0.15, -0.1) is 11.6 Å². The van der Waals surface area contributed by atoms with Crippen molar-refractivity contribution in [3.63, 3.8) is 0 Å². The average molecular weight is 364 g/mol. The molecule has 4 nitrogen and oxygen atoms in total. The van der Waals surface area contributed by atoms with Crippen LogP contribution in [0.5, 0.6) is 10.9 Å². The summed E-state index contributed by atoms with van der Waals surface area (Å²) in [5, 5.41) is 2.64. The van der Waals surface area contributed by atoms with Crippen molar-refractivity contribution in [3.8, 4) is 10.9 Å². The highest BCUT2D eigenvalue weighted by atomic mass is 35.5. The topological polar surface area (TPSA) is 37.7 Å². The van der Waals surface area contributed by atoms with Gasteiger partial charge in [-0.05, 0) is 56.9 Å². The normalized spacial score (nSPS) is 15.7. The largest absolute Gasteiger partial charge is 0.431 e. The van der Waals surface area contributed by atoms with Crippen molar-refractivity contribution in [1.82, 2.24) is 9.88 Å². The van der Waals surface area contributed by atoms with Crippen molar-refractivity contribution >= 4 is 35.0 Å². The molecule has 1 aliphatic rings. The van der Waals surface area contributed by atoms with Crippen LogP contribution in [-0.4, -0.2) is 29.8 Å². The summed E-state index contributed by atoms with van der Waals surface area (Å²) < 4.78 is 5.98. The highest BCUT2D eigenvalue weighted by molar-refractivity contribution is 7.11. The second kappa shape index (κ2) is 6.73. The fourth-order valence-electron chi connectivity index (χ4n) is 2.24. The lowest BCUT2D eigenvalue weighted by Crippen LogP contribution is -2.14. The van der Waals surface area contributed by atoms with Crippen molar-refractivity contribution in [1.29, 1.82) is 0 Å². The molecule has 0 saturated heterocycles. The van der Waals surface area contributed by atoms with E-state index in [9.17, 15) is 0 Å². The Morgan fingerprint density at radius 2 is 2.12 bits per heavy atom. The number of aliphatic imine (C=N–C) groups is 1. The molecule has 1 fully saturated rings. The van der Waals surface area contributed by atoms with Crippen molar-refractivity contribution in [3.05, 3.63) is 34.3 Å². The van der Waals surface area contributed by atoms with Gasteiger partial charge >= 0.3 is 0 Å². The summed E-state index contributed by atoms with van der Waals surface area (Å²) in [5.41, 5.74) is 4.00. The minimum absolute atomic E-state index is 0.243. The van der Waals surface area contributed by atoms with Gasteiger partial charge in [0.25, 0.3) is 5.19 Å². The second-order valence-corrected chi connectivity index (χ2v) is 7.83. The molecule has 0 atom stereocenters. The minimum Gasteiger partial charge on any atom is -0.431 e. The molecule has 1 aromatic heterocycles. The Hall–Kier alpha value is -1.59. The quantitative estimate of drug-likeness (QED) is 0.392. The van der Waals surface area contributed by atoms with Crippen molar-refractivity contribution < 1.29 is 4.74 Å². The molecule has 0 unspecified atom stereocenters. The molecular weight excluding hydrogens is 342 g/mol. The molecule has 3 rings (SSSR count). The second-order valence-electron chi connectivity index (χ2n) is 6.29. The van der Waals surface area contributed by atoms with Gasteiger partial charge in [0.15, 0.2) is 0 Å². The van der Waals surface area contributed by atoms with Crippen LogP contribution in [0.1, 0.15) is 36.6 Å². The van der Waals surface area contributed by atoms with E-state index in [4.69, 9.17) is 16.3 Å². The van der Waals surface area contributed by atoms with Gasteiger partial charge in [-0.1, -0.05) is 11.3 Å². The third-order valence-corrected chi connectivity index (χ3v) is 5.50. The average Bonchev–Trinajstić information content (AvgIpc) is 3.12. The predicted octanol–water partition coefficient (Wildman–Crippen LogP) is 5.39. The summed E-state index contributed by atoms with van der Waals surface area (Å²) in [4.78, 5) is 10.9. The monoisotopic (exact) mass is 363 g/mol.